The number of hydrogen-bond donors (Lipinski definition) is 0. The van der Waals surface area contributed by atoms with Crippen molar-refractivity contribution in [2.45, 2.75) is 70.4 Å². The lowest BCUT2D eigenvalue weighted by molar-refractivity contribution is 0.0799. The van der Waals surface area contributed by atoms with Crippen molar-refractivity contribution >= 4 is 39.7 Å². The quantitative estimate of drug-likeness (QED) is 0.110. The van der Waals surface area contributed by atoms with Gasteiger partial charge in [-0.05, 0) is 54.0 Å². The Labute approximate surface area is 256 Å². The second kappa shape index (κ2) is 14.9. The summed E-state index contributed by atoms with van der Waals surface area (Å²) in [6, 6.07) is 8.33. The van der Waals surface area contributed by atoms with Crippen molar-refractivity contribution < 1.29 is 34.7 Å². The van der Waals surface area contributed by atoms with Crippen LogP contribution >= 0.6 is 0 Å². The second-order valence-corrected chi connectivity index (χ2v) is 21.0. The van der Waals surface area contributed by atoms with Crippen LogP contribution in [0.3, 0.4) is 0 Å². The smallest absolute Gasteiger partial charge is 0.264 e. The van der Waals surface area contributed by atoms with E-state index in [-0.39, 0.29) is 43.7 Å². The number of nitriles is 1. The molecule has 3 rings (SSSR count). The first-order valence-corrected chi connectivity index (χ1v) is 21.5. The van der Waals surface area contributed by atoms with Crippen molar-refractivity contribution in [2.24, 2.45) is 0 Å². The van der Waals surface area contributed by atoms with Gasteiger partial charge in [0.15, 0.2) is 11.5 Å². The van der Waals surface area contributed by atoms with Gasteiger partial charge in [0.25, 0.3) is 20.2 Å². The Hall–Kier alpha value is -2.67. The summed E-state index contributed by atoms with van der Waals surface area (Å²) < 4.78 is 64.3. The first kappa shape index (κ1) is 34.8. The average Bonchev–Trinajstić information content (AvgIpc) is 3.34. The van der Waals surface area contributed by atoms with Gasteiger partial charge in [-0.25, -0.2) is 4.98 Å². The Morgan fingerprint density at radius 3 is 2.33 bits per heavy atom. The number of rotatable bonds is 16. The molecule has 0 bridgehead atoms. The Balaban J connectivity index is 1.93. The molecule has 0 atom stereocenters. The Morgan fingerprint density at radius 1 is 1.09 bits per heavy atom. The van der Waals surface area contributed by atoms with Crippen molar-refractivity contribution in [1.82, 2.24) is 9.55 Å². The number of allylic oxidation sites excluding steroid dienone is 2. The molecule has 0 saturated carbocycles. The molecule has 2 aromatic rings. The monoisotopic (exact) mass is 651 g/mol. The van der Waals surface area contributed by atoms with Crippen molar-refractivity contribution in [3.05, 3.63) is 58.7 Å². The summed E-state index contributed by atoms with van der Waals surface area (Å²) in [6.45, 7) is 6.80. The van der Waals surface area contributed by atoms with Crippen molar-refractivity contribution in [2.75, 3.05) is 32.3 Å². The van der Waals surface area contributed by atoms with E-state index in [4.69, 9.17) is 13.1 Å². The number of aromatic nitrogens is 2. The number of carbonyl (C=O) groups is 1. The number of benzene rings is 1. The maximum Gasteiger partial charge on any atom is 0.264 e. The topological polar surface area (TPSA) is 155 Å². The van der Waals surface area contributed by atoms with Gasteiger partial charge >= 0.3 is 0 Å². The number of Topliss-reactive ketones (excluding diaryl/α,β-unsaturated/α-hetero) is 1. The van der Waals surface area contributed by atoms with Gasteiger partial charge in [0.05, 0.1) is 25.7 Å². The fourth-order valence-electron chi connectivity index (χ4n) is 4.62. The van der Waals surface area contributed by atoms with Crippen LogP contribution in [0, 0.1) is 11.3 Å². The highest BCUT2D eigenvalue weighted by molar-refractivity contribution is 7.86. The Kier molecular flexibility index (Phi) is 12.0. The molecule has 1 aliphatic carbocycles. The lowest BCUT2D eigenvalue weighted by Crippen LogP contribution is -2.22. The molecule has 0 fully saturated rings. The summed E-state index contributed by atoms with van der Waals surface area (Å²) in [5, 5.41) is 9.43. The van der Waals surface area contributed by atoms with E-state index in [0.29, 0.717) is 12.2 Å². The first-order chi connectivity index (χ1) is 20.0. The molecule has 0 N–H and O–H groups in total. The van der Waals surface area contributed by atoms with E-state index in [2.05, 4.69) is 30.7 Å². The maximum atomic E-state index is 13.6. The van der Waals surface area contributed by atoms with Crippen LogP contribution in [0.1, 0.15) is 64.6 Å². The molecule has 0 spiro atoms. The minimum absolute atomic E-state index is 0.00802. The van der Waals surface area contributed by atoms with Crippen LogP contribution in [0.5, 0.6) is 0 Å². The molecule has 11 nitrogen and oxygen atoms in total. The van der Waals surface area contributed by atoms with Gasteiger partial charge in [0.2, 0.25) is 5.78 Å². The molecule has 0 saturated heterocycles. The molecular formula is C29H41N3O8S2Si. The van der Waals surface area contributed by atoms with Crippen LogP contribution in [0.2, 0.25) is 25.7 Å². The third-order valence-corrected chi connectivity index (χ3v) is 9.76. The number of imidazole rings is 1. The van der Waals surface area contributed by atoms with Crippen LogP contribution < -0.4 is 0 Å². The number of carbonyl (C=O) groups excluding carboxylic acids is 1. The van der Waals surface area contributed by atoms with E-state index in [1.165, 1.54) is 6.20 Å². The minimum atomic E-state index is -3.79. The van der Waals surface area contributed by atoms with E-state index in [0.717, 1.165) is 60.9 Å². The number of ether oxygens (including phenoxy) is 1. The number of nitrogens with zero attached hydrogens (tertiary/aromatic N) is 3. The van der Waals surface area contributed by atoms with Gasteiger partial charge in [-0.3, -0.25) is 13.2 Å². The van der Waals surface area contributed by atoms with Gasteiger partial charge in [0.1, 0.15) is 12.8 Å². The van der Waals surface area contributed by atoms with E-state index >= 15 is 0 Å². The fraction of sp³-hybridized carbons (Fsp3) is 0.552. The molecule has 43 heavy (non-hydrogen) atoms. The summed E-state index contributed by atoms with van der Waals surface area (Å²) in [7, 11) is -8.88. The number of hydrogen-bond acceptors (Lipinski definition) is 10. The van der Waals surface area contributed by atoms with Crippen LogP contribution in [-0.4, -0.2) is 72.6 Å². The summed E-state index contributed by atoms with van der Waals surface area (Å²) in [4.78, 5) is 17.9. The van der Waals surface area contributed by atoms with Gasteiger partial charge in [-0.15, -0.1) is 0 Å². The Bertz CT molecular complexity index is 1550. The molecule has 1 aromatic carbocycles. The van der Waals surface area contributed by atoms with Gasteiger partial charge in [-0.2, -0.15) is 22.1 Å². The van der Waals surface area contributed by atoms with Crippen molar-refractivity contribution in [3.8, 4) is 6.07 Å². The van der Waals surface area contributed by atoms with Crippen LogP contribution in [0.15, 0.2) is 30.5 Å². The van der Waals surface area contributed by atoms with E-state index < -0.39 is 34.2 Å². The lowest BCUT2D eigenvalue weighted by Gasteiger charge is -2.21. The molecule has 1 aromatic heterocycles. The molecule has 0 radical (unpaired) electrons. The van der Waals surface area contributed by atoms with Crippen LogP contribution in [0.25, 0.3) is 5.57 Å². The van der Waals surface area contributed by atoms with Gasteiger partial charge in [-0.1, -0.05) is 43.9 Å². The summed E-state index contributed by atoms with van der Waals surface area (Å²) in [5.74, 6) is -0.848. The minimum Gasteiger partial charge on any atom is -0.361 e. The standard InChI is InChI=1S/C29H41N3O8S2Si/c1-41(34,35)39-19-25(20-40-42(2,36)37)23-11-12-24(27(15-23)22-9-7-6-8-10-22)16-28(33)29-31-26(17-30)18-32(29)21-38-13-14-43(3,4)5/h9,11-12,15,18,25H,6-8,10,13-14,16,19-21H2,1-5H3. The van der Waals surface area contributed by atoms with Crippen molar-refractivity contribution in [1.29, 1.82) is 5.26 Å². The number of ketones is 1. The second-order valence-electron chi connectivity index (χ2n) is 12.0. The first-order valence-electron chi connectivity index (χ1n) is 14.1. The molecule has 236 valence electrons. The predicted molar refractivity (Wildman–Crippen MR) is 166 cm³/mol. The lowest BCUT2D eigenvalue weighted by atomic mass is 9.86. The molecule has 0 unspecified atom stereocenters. The Morgan fingerprint density at radius 2 is 1.77 bits per heavy atom. The predicted octanol–water partition coefficient (Wildman–Crippen LogP) is 4.49. The van der Waals surface area contributed by atoms with E-state index in [1.807, 2.05) is 12.1 Å². The summed E-state index contributed by atoms with van der Waals surface area (Å²) >= 11 is 0. The molecule has 0 aliphatic heterocycles. The highest BCUT2D eigenvalue weighted by atomic mass is 32.2. The fourth-order valence-corrected chi connectivity index (χ4v) is 6.20. The van der Waals surface area contributed by atoms with Crippen LogP contribution in [0.4, 0.5) is 0 Å². The maximum absolute atomic E-state index is 13.6. The zero-order valence-electron chi connectivity index (χ0n) is 25.5. The highest BCUT2D eigenvalue weighted by Crippen LogP contribution is 2.32. The van der Waals surface area contributed by atoms with Gasteiger partial charge in [0, 0.05) is 33.2 Å². The summed E-state index contributed by atoms with van der Waals surface area (Å²) in [5.41, 5.74) is 3.36. The molecule has 1 aliphatic rings. The van der Waals surface area contributed by atoms with E-state index in [9.17, 15) is 26.9 Å². The third kappa shape index (κ3) is 11.7. The SMILES string of the molecule is C[Si](C)(C)CCOCn1cc(C#N)nc1C(=O)Cc1ccc(C(COS(C)(=O)=O)COS(C)(=O)=O)cc1C1=CCCCC1. The zero-order chi connectivity index (χ0) is 31.8. The van der Waals surface area contributed by atoms with Gasteiger partial charge < -0.3 is 9.30 Å². The van der Waals surface area contributed by atoms with Crippen LogP contribution in [-0.2, 0) is 46.5 Å². The summed E-state index contributed by atoms with van der Waals surface area (Å²) in [6.07, 6.45) is 9.22. The normalized spacial score (nSPS) is 14.5. The molecule has 14 heteroatoms. The third-order valence-electron chi connectivity index (χ3n) is 6.93. The van der Waals surface area contributed by atoms with Crippen molar-refractivity contribution in [3.63, 3.8) is 0 Å². The van der Waals surface area contributed by atoms with E-state index in [1.54, 1.807) is 16.7 Å². The molecule has 1 heterocycles. The molecular weight excluding hydrogens is 611 g/mol. The largest absolute Gasteiger partial charge is 0.361 e. The average molecular weight is 652 g/mol. The highest BCUT2D eigenvalue weighted by Gasteiger charge is 2.23. The zero-order valence-corrected chi connectivity index (χ0v) is 28.1. The molecule has 0 amide bonds.